The Hall–Kier alpha value is -0.320. The second kappa shape index (κ2) is 5.58. The zero-order valence-corrected chi connectivity index (χ0v) is 12.4. The molecule has 104 valence electrons. The summed E-state index contributed by atoms with van der Waals surface area (Å²) in [7, 11) is 0. The number of piperazine rings is 3. The first-order valence-electron chi connectivity index (χ1n) is 6.79. The number of halogens is 2. The third kappa shape index (κ3) is 2.91. The number of rotatable bonds is 3. The van der Waals surface area contributed by atoms with Crippen LogP contribution in [0.2, 0.25) is 10.0 Å². The van der Waals surface area contributed by atoms with Crippen LogP contribution in [0.4, 0.5) is 0 Å². The molecule has 0 radical (unpaired) electrons. The lowest BCUT2D eigenvalue weighted by Crippen LogP contribution is -2.66. The van der Waals surface area contributed by atoms with Gasteiger partial charge in [0.15, 0.2) is 0 Å². The Morgan fingerprint density at radius 3 is 2.47 bits per heavy atom. The lowest BCUT2D eigenvalue weighted by Gasteiger charge is -2.49. The molecule has 19 heavy (non-hydrogen) atoms. The van der Waals surface area contributed by atoms with Crippen molar-refractivity contribution >= 4 is 23.2 Å². The van der Waals surface area contributed by atoms with Gasteiger partial charge in [0.1, 0.15) is 0 Å². The van der Waals surface area contributed by atoms with Crippen LogP contribution in [0.15, 0.2) is 18.2 Å². The van der Waals surface area contributed by atoms with Crippen LogP contribution in [0.5, 0.6) is 0 Å². The van der Waals surface area contributed by atoms with Crippen molar-refractivity contribution < 1.29 is 0 Å². The first kappa shape index (κ1) is 13.7. The molecule has 0 aliphatic carbocycles. The molecule has 1 aromatic carbocycles. The predicted octanol–water partition coefficient (Wildman–Crippen LogP) is 1.86. The van der Waals surface area contributed by atoms with E-state index in [4.69, 9.17) is 28.9 Å². The summed E-state index contributed by atoms with van der Waals surface area (Å²) in [6, 6.07) is 6.42. The van der Waals surface area contributed by atoms with Gasteiger partial charge in [-0.3, -0.25) is 9.80 Å². The first-order valence-corrected chi connectivity index (χ1v) is 7.55. The van der Waals surface area contributed by atoms with Crippen LogP contribution in [-0.4, -0.2) is 54.6 Å². The quantitative estimate of drug-likeness (QED) is 0.925. The SMILES string of the molecule is NC(Cc1ccc(Cl)c(Cl)c1)C1CN2CCN1CC2. The summed E-state index contributed by atoms with van der Waals surface area (Å²) < 4.78 is 0. The average molecular weight is 300 g/mol. The molecule has 2 atom stereocenters. The second-order valence-corrected chi connectivity index (χ2v) is 6.33. The highest BCUT2D eigenvalue weighted by molar-refractivity contribution is 6.42. The van der Waals surface area contributed by atoms with Gasteiger partial charge < -0.3 is 5.73 Å². The van der Waals surface area contributed by atoms with Gasteiger partial charge >= 0.3 is 0 Å². The molecular weight excluding hydrogens is 281 g/mol. The number of hydrogen-bond donors (Lipinski definition) is 1. The average Bonchev–Trinajstić information content (AvgIpc) is 2.44. The summed E-state index contributed by atoms with van der Waals surface area (Å²) >= 11 is 12.0. The van der Waals surface area contributed by atoms with E-state index in [0.29, 0.717) is 16.1 Å². The Morgan fingerprint density at radius 1 is 1.16 bits per heavy atom. The smallest absolute Gasteiger partial charge is 0.0595 e. The van der Waals surface area contributed by atoms with Crippen molar-refractivity contribution in [3.8, 4) is 0 Å². The monoisotopic (exact) mass is 299 g/mol. The number of benzene rings is 1. The summed E-state index contributed by atoms with van der Waals surface area (Å²) in [5, 5.41) is 1.21. The van der Waals surface area contributed by atoms with Gasteiger partial charge in [0.2, 0.25) is 0 Å². The topological polar surface area (TPSA) is 32.5 Å². The van der Waals surface area contributed by atoms with E-state index in [1.165, 1.54) is 18.7 Å². The van der Waals surface area contributed by atoms with Crippen LogP contribution < -0.4 is 5.73 Å². The Bertz CT molecular complexity index is 458. The third-order valence-electron chi connectivity index (χ3n) is 4.27. The maximum absolute atomic E-state index is 6.41. The van der Waals surface area contributed by atoms with Crippen LogP contribution in [-0.2, 0) is 6.42 Å². The maximum Gasteiger partial charge on any atom is 0.0595 e. The van der Waals surface area contributed by atoms with Crippen molar-refractivity contribution in [1.82, 2.24) is 9.80 Å². The molecule has 5 heteroatoms. The van der Waals surface area contributed by atoms with E-state index in [9.17, 15) is 0 Å². The maximum atomic E-state index is 6.41. The van der Waals surface area contributed by atoms with Gasteiger partial charge in [-0.2, -0.15) is 0 Å². The van der Waals surface area contributed by atoms with Gasteiger partial charge in [-0.1, -0.05) is 29.3 Å². The summed E-state index contributed by atoms with van der Waals surface area (Å²) in [6.45, 7) is 5.79. The Kier molecular flexibility index (Phi) is 4.01. The lowest BCUT2D eigenvalue weighted by atomic mass is 9.95. The number of hydrogen-bond acceptors (Lipinski definition) is 3. The molecule has 2 bridgehead atoms. The van der Waals surface area contributed by atoms with E-state index in [0.717, 1.165) is 26.1 Å². The van der Waals surface area contributed by atoms with Gasteiger partial charge in [-0.15, -0.1) is 0 Å². The normalized spacial score (nSPS) is 31.4. The van der Waals surface area contributed by atoms with E-state index in [-0.39, 0.29) is 6.04 Å². The highest BCUT2D eigenvalue weighted by Crippen LogP contribution is 2.24. The summed E-state index contributed by atoms with van der Waals surface area (Å²) in [5.41, 5.74) is 7.58. The van der Waals surface area contributed by atoms with Gasteiger partial charge in [0, 0.05) is 44.8 Å². The molecule has 2 N–H and O–H groups in total. The molecular formula is C14H19Cl2N3. The molecule has 3 fully saturated rings. The van der Waals surface area contributed by atoms with Crippen molar-refractivity contribution in [3.05, 3.63) is 33.8 Å². The van der Waals surface area contributed by atoms with Crippen molar-refractivity contribution in [1.29, 1.82) is 0 Å². The van der Waals surface area contributed by atoms with Gasteiger partial charge in [-0.25, -0.2) is 0 Å². The fourth-order valence-corrected chi connectivity index (χ4v) is 3.46. The zero-order chi connectivity index (χ0) is 13.4. The largest absolute Gasteiger partial charge is 0.326 e. The summed E-state index contributed by atoms with van der Waals surface area (Å²) in [6.07, 6.45) is 0.853. The number of nitrogens with zero attached hydrogens (tertiary/aromatic N) is 2. The van der Waals surface area contributed by atoms with Crippen LogP contribution in [0, 0.1) is 0 Å². The number of nitrogens with two attached hydrogens (primary N) is 1. The molecule has 2 unspecified atom stereocenters. The van der Waals surface area contributed by atoms with Crippen LogP contribution in [0.25, 0.3) is 0 Å². The molecule has 3 aliphatic heterocycles. The molecule has 1 aromatic rings. The Morgan fingerprint density at radius 2 is 1.89 bits per heavy atom. The van der Waals surface area contributed by atoms with E-state index in [1.54, 1.807) is 0 Å². The van der Waals surface area contributed by atoms with E-state index in [1.807, 2.05) is 18.2 Å². The molecule has 0 amide bonds. The highest BCUT2D eigenvalue weighted by Gasteiger charge is 2.35. The van der Waals surface area contributed by atoms with Crippen molar-refractivity contribution in [3.63, 3.8) is 0 Å². The van der Waals surface area contributed by atoms with E-state index >= 15 is 0 Å². The zero-order valence-electron chi connectivity index (χ0n) is 10.9. The van der Waals surface area contributed by atoms with Gasteiger partial charge in [-0.05, 0) is 24.1 Å². The molecule has 4 rings (SSSR count). The fraction of sp³-hybridized carbons (Fsp3) is 0.571. The predicted molar refractivity (Wildman–Crippen MR) is 79.9 cm³/mol. The van der Waals surface area contributed by atoms with Crippen LogP contribution >= 0.6 is 23.2 Å². The standard InChI is InChI=1S/C14H19Cl2N3/c15-11-2-1-10(7-12(11)16)8-13(17)14-9-18-3-5-19(14)6-4-18/h1-2,7,13-14H,3-6,8-9,17H2. The first-order chi connectivity index (χ1) is 9.13. The minimum atomic E-state index is 0.153. The molecule has 3 aliphatic rings. The Balaban J connectivity index is 1.67. The molecule has 3 nitrogen and oxygen atoms in total. The van der Waals surface area contributed by atoms with Crippen LogP contribution in [0.1, 0.15) is 5.56 Å². The molecule has 0 spiro atoms. The molecule has 0 aromatic heterocycles. The van der Waals surface area contributed by atoms with E-state index < -0.39 is 0 Å². The van der Waals surface area contributed by atoms with Gasteiger partial charge in [0.25, 0.3) is 0 Å². The molecule has 0 saturated carbocycles. The minimum absolute atomic E-state index is 0.153. The summed E-state index contributed by atoms with van der Waals surface area (Å²) in [4.78, 5) is 5.04. The Labute approximate surface area is 124 Å². The second-order valence-electron chi connectivity index (χ2n) is 5.52. The minimum Gasteiger partial charge on any atom is -0.326 e. The van der Waals surface area contributed by atoms with Crippen molar-refractivity contribution in [2.24, 2.45) is 5.73 Å². The highest BCUT2D eigenvalue weighted by atomic mass is 35.5. The van der Waals surface area contributed by atoms with Gasteiger partial charge in [0.05, 0.1) is 10.0 Å². The third-order valence-corrected chi connectivity index (χ3v) is 5.01. The lowest BCUT2D eigenvalue weighted by molar-refractivity contribution is 0.00259. The van der Waals surface area contributed by atoms with Crippen LogP contribution in [0.3, 0.4) is 0 Å². The van der Waals surface area contributed by atoms with E-state index in [2.05, 4.69) is 9.80 Å². The van der Waals surface area contributed by atoms with Crippen molar-refractivity contribution in [2.75, 3.05) is 32.7 Å². The number of fused-ring (bicyclic) bond motifs is 3. The molecule has 3 saturated heterocycles. The fourth-order valence-electron chi connectivity index (χ4n) is 3.14. The van der Waals surface area contributed by atoms with Crippen molar-refractivity contribution in [2.45, 2.75) is 18.5 Å². The summed E-state index contributed by atoms with van der Waals surface area (Å²) in [5.74, 6) is 0. The molecule has 3 heterocycles.